The van der Waals surface area contributed by atoms with E-state index in [2.05, 4.69) is 37.8 Å². The van der Waals surface area contributed by atoms with Gasteiger partial charge in [0.05, 0.1) is 8.66 Å². The van der Waals surface area contributed by atoms with E-state index in [4.69, 9.17) is 6.42 Å². The molecule has 0 radical (unpaired) electrons. The molecular weight excluding hydrogens is 264 g/mol. The van der Waals surface area contributed by atoms with Crippen LogP contribution in [0.2, 0.25) is 0 Å². The van der Waals surface area contributed by atoms with Crippen LogP contribution in [0.5, 0.6) is 0 Å². The molecule has 0 nitrogen and oxygen atoms in total. The molecule has 0 aliphatic rings. The van der Waals surface area contributed by atoms with Gasteiger partial charge < -0.3 is 0 Å². The van der Waals surface area contributed by atoms with Crippen LogP contribution >= 0.6 is 43.2 Å². The van der Waals surface area contributed by atoms with E-state index >= 15 is 0 Å². The highest BCUT2D eigenvalue weighted by molar-refractivity contribution is 9.13. The van der Waals surface area contributed by atoms with Gasteiger partial charge in [0.2, 0.25) is 0 Å². The standard InChI is InChI=1S/C6H2Br2S/c1-2-4-3-5(7)6(8)9-4/h1,3H. The number of hydrogen-bond donors (Lipinski definition) is 0. The molecule has 1 rings (SSSR count). The van der Waals surface area contributed by atoms with E-state index in [0.29, 0.717) is 0 Å². The normalized spacial score (nSPS) is 9.00. The Morgan fingerprint density at radius 1 is 1.56 bits per heavy atom. The SMILES string of the molecule is C#Cc1cc(Br)c(Br)s1. The smallest absolute Gasteiger partial charge is 0.0853 e. The van der Waals surface area contributed by atoms with Crippen molar-refractivity contribution in [1.82, 2.24) is 0 Å². The van der Waals surface area contributed by atoms with Crippen LogP contribution in [0.15, 0.2) is 14.3 Å². The largest absolute Gasteiger partial charge is 0.118 e. The van der Waals surface area contributed by atoms with Crippen molar-refractivity contribution >= 4 is 43.2 Å². The number of halogens is 2. The molecule has 46 valence electrons. The summed E-state index contributed by atoms with van der Waals surface area (Å²) in [5.41, 5.74) is 0. The Hall–Kier alpha value is 0.220. The molecule has 0 spiro atoms. The van der Waals surface area contributed by atoms with Crippen LogP contribution in [-0.4, -0.2) is 0 Å². The van der Waals surface area contributed by atoms with Gasteiger partial charge in [-0.2, -0.15) is 0 Å². The van der Waals surface area contributed by atoms with Crippen molar-refractivity contribution in [3.63, 3.8) is 0 Å². The highest BCUT2D eigenvalue weighted by atomic mass is 79.9. The highest BCUT2D eigenvalue weighted by Crippen LogP contribution is 2.31. The topological polar surface area (TPSA) is 0 Å². The summed E-state index contributed by atoms with van der Waals surface area (Å²) in [7, 11) is 0. The van der Waals surface area contributed by atoms with Gasteiger partial charge in [-0.3, -0.25) is 0 Å². The van der Waals surface area contributed by atoms with Crippen molar-refractivity contribution in [2.45, 2.75) is 0 Å². The Labute approximate surface area is 74.5 Å². The van der Waals surface area contributed by atoms with E-state index in [9.17, 15) is 0 Å². The fourth-order valence-electron chi connectivity index (χ4n) is 0.418. The summed E-state index contributed by atoms with van der Waals surface area (Å²) in [6.07, 6.45) is 5.15. The lowest BCUT2D eigenvalue weighted by Crippen LogP contribution is -1.52. The fourth-order valence-corrected chi connectivity index (χ4v) is 2.26. The molecule has 0 saturated carbocycles. The summed E-state index contributed by atoms with van der Waals surface area (Å²) in [5.74, 6) is 2.55. The van der Waals surface area contributed by atoms with Gasteiger partial charge in [0.15, 0.2) is 0 Å². The predicted molar refractivity (Wildman–Crippen MR) is 47.7 cm³/mol. The first-order valence-electron chi connectivity index (χ1n) is 2.15. The molecule has 0 atom stereocenters. The van der Waals surface area contributed by atoms with Crippen molar-refractivity contribution in [3.05, 3.63) is 19.2 Å². The predicted octanol–water partition coefficient (Wildman–Crippen LogP) is 3.25. The van der Waals surface area contributed by atoms with Gasteiger partial charge in [0.1, 0.15) is 0 Å². The lowest BCUT2D eigenvalue weighted by atomic mass is 10.5. The Bertz CT molecular complexity index is 237. The summed E-state index contributed by atoms with van der Waals surface area (Å²) < 4.78 is 2.08. The second-order valence-corrected chi connectivity index (χ2v) is 4.60. The van der Waals surface area contributed by atoms with Gasteiger partial charge in [0.25, 0.3) is 0 Å². The zero-order valence-corrected chi connectivity index (χ0v) is 8.31. The van der Waals surface area contributed by atoms with Gasteiger partial charge in [0, 0.05) is 4.47 Å². The van der Waals surface area contributed by atoms with E-state index in [0.717, 1.165) is 13.1 Å². The third-order valence-corrected chi connectivity index (χ3v) is 3.97. The van der Waals surface area contributed by atoms with E-state index in [1.54, 1.807) is 11.3 Å². The van der Waals surface area contributed by atoms with Crippen molar-refractivity contribution in [2.24, 2.45) is 0 Å². The summed E-state index contributed by atoms with van der Waals surface area (Å²) in [4.78, 5) is 0.939. The molecule has 3 heteroatoms. The molecule has 9 heavy (non-hydrogen) atoms. The Kier molecular flexibility index (Phi) is 2.34. The quantitative estimate of drug-likeness (QED) is 0.632. The molecule has 0 fully saturated rings. The molecule has 0 aliphatic heterocycles. The molecule has 0 amide bonds. The summed E-state index contributed by atoms with van der Waals surface area (Å²) >= 11 is 8.21. The lowest BCUT2D eigenvalue weighted by molar-refractivity contribution is 1.81. The molecule has 0 aromatic carbocycles. The number of terminal acetylenes is 1. The average molecular weight is 266 g/mol. The molecule has 1 heterocycles. The molecule has 0 saturated heterocycles. The van der Waals surface area contributed by atoms with Crippen molar-refractivity contribution in [1.29, 1.82) is 0 Å². The first-order chi connectivity index (χ1) is 4.24. The van der Waals surface area contributed by atoms with Gasteiger partial charge >= 0.3 is 0 Å². The van der Waals surface area contributed by atoms with Crippen LogP contribution in [0.1, 0.15) is 4.88 Å². The zero-order chi connectivity index (χ0) is 6.85. The van der Waals surface area contributed by atoms with Crippen LogP contribution in [0.25, 0.3) is 0 Å². The zero-order valence-electron chi connectivity index (χ0n) is 4.32. The third kappa shape index (κ3) is 1.57. The van der Waals surface area contributed by atoms with Crippen LogP contribution in [0, 0.1) is 12.3 Å². The Balaban J connectivity index is 3.16. The van der Waals surface area contributed by atoms with E-state index < -0.39 is 0 Å². The Morgan fingerprint density at radius 3 is 2.44 bits per heavy atom. The van der Waals surface area contributed by atoms with E-state index in [-0.39, 0.29) is 0 Å². The van der Waals surface area contributed by atoms with Crippen LogP contribution in [0.3, 0.4) is 0 Å². The second kappa shape index (κ2) is 2.87. The average Bonchev–Trinajstić information content (AvgIpc) is 2.13. The summed E-state index contributed by atoms with van der Waals surface area (Å²) in [6, 6.07) is 1.91. The molecule has 0 aliphatic carbocycles. The number of hydrogen-bond acceptors (Lipinski definition) is 1. The highest BCUT2D eigenvalue weighted by Gasteiger charge is 1.99. The summed E-state index contributed by atoms with van der Waals surface area (Å²) in [6.45, 7) is 0. The maximum Gasteiger partial charge on any atom is 0.0853 e. The molecule has 0 bridgehead atoms. The van der Waals surface area contributed by atoms with Crippen LogP contribution < -0.4 is 0 Å². The molecule has 1 aromatic heterocycles. The van der Waals surface area contributed by atoms with Crippen molar-refractivity contribution in [2.75, 3.05) is 0 Å². The first kappa shape index (κ1) is 7.33. The van der Waals surface area contributed by atoms with Gasteiger partial charge in [-0.25, -0.2) is 0 Å². The molecule has 0 unspecified atom stereocenters. The monoisotopic (exact) mass is 264 g/mol. The van der Waals surface area contributed by atoms with E-state index in [1.165, 1.54) is 0 Å². The lowest BCUT2D eigenvalue weighted by Gasteiger charge is -1.74. The molecule has 0 N–H and O–H groups in total. The number of rotatable bonds is 0. The van der Waals surface area contributed by atoms with Crippen molar-refractivity contribution < 1.29 is 0 Å². The maximum atomic E-state index is 5.15. The second-order valence-electron chi connectivity index (χ2n) is 1.38. The minimum absolute atomic E-state index is 0.939. The summed E-state index contributed by atoms with van der Waals surface area (Å²) in [5, 5.41) is 0. The molecule has 1 aromatic rings. The fraction of sp³-hybridized carbons (Fsp3) is 0. The van der Waals surface area contributed by atoms with Gasteiger partial charge in [-0.1, -0.05) is 5.92 Å². The van der Waals surface area contributed by atoms with Crippen LogP contribution in [-0.2, 0) is 0 Å². The number of thiophene rings is 1. The minimum Gasteiger partial charge on any atom is -0.118 e. The van der Waals surface area contributed by atoms with Crippen LogP contribution in [0.4, 0.5) is 0 Å². The minimum atomic E-state index is 0.939. The Morgan fingerprint density at radius 2 is 2.22 bits per heavy atom. The maximum absolute atomic E-state index is 5.15. The molecular formula is C6H2Br2S. The third-order valence-electron chi connectivity index (χ3n) is 0.787. The van der Waals surface area contributed by atoms with Gasteiger partial charge in [-0.15, -0.1) is 17.8 Å². The van der Waals surface area contributed by atoms with Gasteiger partial charge in [-0.05, 0) is 37.9 Å². The van der Waals surface area contributed by atoms with E-state index in [1.807, 2.05) is 6.07 Å². The van der Waals surface area contributed by atoms with Crippen molar-refractivity contribution in [3.8, 4) is 12.3 Å². The first-order valence-corrected chi connectivity index (χ1v) is 4.55.